The number of hydrogen-bond acceptors (Lipinski definition) is 9. The average Bonchev–Trinajstić information content (AvgIpc) is 3.46. The predicted molar refractivity (Wildman–Crippen MR) is 134 cm³/mol. The van der Waals surface area contributed by atoms with E-state index in [0.29, 0.717) is 21.2 Å². The van der Waals surface area contributed by atoms with Crippen LogP contribution in [0.1, 0.15) is 28.3 Å². The van der Waals surface area contributed by atoms with E-state index in [4.69, 9.17) is 0 Å². The second kappa shape index (κ2) is 9.77. The second-order valence-electron chi connectivity index (χ2n) is 7.82. The summed E-state index contributed by atoms with van der Waals surface area (Å²) >= 11 is 2.73. The summed E-state index contributed by atoms with van der Waals surface area (Å²) in [5.74, 6) is -1.15. The first-order chi connectivity index (χ1) is 17.0. The molecule has 0 saturated carbocycles. The number of anilines is 1. The molecule has 1 aromatic carbocycles. The van der Waals surface area contributed by atoms with Crippen molar-refractivity contribution in [1.29, 1.82) is 0 Å². The first-order valence-corrected chi connectivity index (χ1v) is 12.5. The monoisotopic (exact) mass is 501 g/mol. The van der Waals surface area contributed by atoms with E-state index in [1.54, 1.807) is 36.7 Å². The number of nitrogens with zero attached hydrogens (tertiary/aromatic N) is 5. The molecule has 1 aliphatic rings. The van der Waals surface area contributed by atoms with Crippen molar-refractivity contribution in [2.24, 2.45) is 0 Å². The summed E-state index contributed by atoms with van der Waals surface area (Å²) in [5, 5.41) is 19.8. The van der Waals surface area contributed by atoms with Gasteiger partial charge in [-0.25, -0.2) is 0 Å². The van der Waals surface area contributed by atoms with Crippen LogP contribution in [0.25, 0.3) is 5.76 Å². The van der Waals surface area contributed by atoms with Crippen LogP contribution in [0.5, 0.6) is 0 Å². The minimum absolute atomic E-state index is 0.0294. The Kier molecular flexibility index (Phi) is 6.39. The summed E-state index contributed by atoms with van der Waals surface area (Å²) in [5.41, 5.74) is 3.27. The molecule has 1 saturated heterocycles. The van der Waals surface area contributed by atoms with Gasteiger partial charge in [0.2, 0.25) is 5.13 Å². The first-order valence-electron chi connectivity index (χ1n) is 10.7. The Balaban J connectivity index is 1.51. The van der Waals surface area contributed by atoms with E-state index < -0.39 is 17.7 Å². The fourth-order valence-electron chi connectivity index (χ4n) is 3.74. The third-order valence-corrected chi connectivity index (χ3v) is 7.61. The summed E-state index contributed by atoms with van der Waals surface area (Å²) in [6, 6.07) is 14.0. The number of aliphatic hydroxyl groups is 1. The lowest BCUT2D eigenvalue weighted by Crippen LogP contribution is -2.29. The largest absolute Gasteiger partial charge is 0.507 e. The predicted octanol–water partition coefficient (Wildman–Crippen LogP) is 4.56. The van der Waals surface area contributed by atoms with Crippen molar-refractivity contribution in [2.45, 2.75) is 23.1 Å². The zero-order valence-electron chi connectivity index (χ0n) is 18.5. The molecule has 0 spiro atoms. The smallest absolute Gasteiger partial charge is 0.301 e. The molecule has 4 aromatic rings. The molecule has 8 nitrogen and oxygen atoms in total. The van der Waals surface area contributed by atoms with Crippen LogP contribution in [0.4, 0.5) is 5.13 Å². The molecule has 1 atom stereocenters. The van der Waals surface area contributed by atoms with Crippen LogP contribution >= 0.6 is 23.1 Å². The number of carbonyl (C=O) groups excluding carboxylic acids is 2. The number of ketones is 1. The molecule has 174 valence electrons. The highest BCUT2D eigenvalue weighted by atomic mass is 32.2. The molecule has 1 aliphatic heterocycles. The molecular formula is C25H19N5O3S2. The van der Waals surface area contributed by atoms with E-state index in [9.17, 15) is 14.7 Å². The van der Waals surface area contributed by atoms with Gasteiger partial charge in [0.25, 0.3) is 5.78 Å². The summed E-state index contributed by atoms with van der Waals surface area (Å²) in [6.07, 6.45) is 6.18. The van der Waals surface area contributed by atoms with Crippen LogP contribution in [0.3, 0.4) is 0 Å². The maximum absolute atomic E-state index is 13.2. The van der Waals surface area contributed by atoms with Gasteiger partial charge in [-0.2, -0.15) is 0 Å². The van der Waals surface area contributed by atoms with Gasteiger partial charge in [0, 0.05) is 36.1 Å². The van der Waals surface area contributed by atoms with Gasteiger partial charge in [-0.3, -0.25) is 24.5 Å². The van der Waals surface area contributed by atoms with Gasteiger partial charge in [0.15, 0.2) is 4.34 Å². The number of amides is 1. The van der Waals surface area contributed by atoms with Gasteiger partial charge in [-0.15, -0.1) is 10.2 Å². The van der Waals surface area contributed by atoms with Crippen molar-refractivity contribution < 1.29 is 14.7 Å². The standard InChI is InChI=1S/C25H19N5O3S2/c1-15-4-6-16(7-5-15)14-34-25-29-28-24(35-25)30-20(18-3-2-10-27-13-18)19(22(32)23(30)33)21(31)17-8-11-26-12-9-17/h2-13,20,31H,14H2,1H3/b21-19+. The van der Waals surface area contributed by atoms with Gasteiger partial charge in [-0.1, -0.05) is 59.0 Å². The van der Waals surface area contributed by atoms with Crippen molar-refractivity contribution in [2.75, 3.05) is 4.90 Å². The Hall–Kier alpha value is -3.89. The molecule has 1 amide bonds. The maximum Gasteiger partial charge on any atom is 0.301 e. The summed E-state index contributed by atoms with van der Waals surface area (Å²) in [7, 11) is 0. The van der Waals surface area contributed by atoms with E-state index in [-0.39, 0.29) is 16.5 Å². The van der Waals surface area contributed by atoms with E-state index in [0.717, 1.165) is 5.56 Å². The molecule has 1 fully saturated rings. The molecule has 35 heavy (non-hydrogen) atoms. The van der Waals surface area contributed by atoms with E-state index in [2.05, 4.69) is 44.4 Å². The fourth-order valence-corrected chi connectivity index (χ4v) is 5.56. The Bertz CT molecular complexity index is 1410. The normalized spacial score (nSPS) is 17.2. The molecule has 10 heteroatoms. The van der Waals surface area contributed by atoms with Gasteiger partial charge in [-0.05, 0) is 36.2 Å². The van der Waals surface area contributed by atoms with Crippen molar-refractivity contribution in [3.05, 3.63) is 101 Å². The number of aryl methyl sites for hydroxylation is 1. The third kappa shape index (κ3) is 4.58. The fraction of sp³-hybridized carbons (Fsp3) is 0.120. The van der Waals surface area contributed by atoms with E-state index in [1.165, 1.54) is 46.0 Å². The molecule has 0 aliphatic carbocycles. The topological polar surface area (TPSA) is 109 Å². The number of thioether (sulfide) groups is 1. The Morgan fingerprint density at radius 2 is 1.80 bits per heavy atom. The lowest BCUT2D eigenvalue weighted by atomic mass is 9.97. The number of rotatable bonds is 6. The molecular weight excluding hydrogens is 482 g/mol. The lowest BCUT2D eigenvalue weighted by Gasteiger charge is -2.22. The Morgan fingerprint density at radius 3 is 2.51 bits per heavy atom. The summed E-state index contributed by atoms with van der Waals surface area (Å²) < 4.78 is 0.668. The van der Waals surface area contributed by atoms with Crippen molar-refractivity contribution >= 4 is 45.7 Å². The van der Waals surface area contributed by atoms with Crippen LogP contribution in [0.15, 0.2) is 83.2 Å². The van der Waals surface area contributed by atoms with Crippen molar-refractivity contribution in [1.82, 2.24) is 20.2 Å². The third-order valence-electron chi connectivity index (χ3n) is 5.48. The lowest BCUT2D eigenvalue weighted by molar-refractivity contribution is -0.132. The van der Waals surface area contributed by atoms with Gasteiger partial charge < -0.3 is 5.11 Å². The summed E-state index contributed by atoms with van der Waals surface area (Å²) in [6.45, 7) is 2.04. The van der Waals surface area contributed by atoms with Gasteiger partial charge in [0.05, 0.1) is 11.6 Å². The number of benzene rings is 1. The Morgan fingerprint density at radius 1 is 1.03 bits per heavy atom. The number of pyridine rings is 2. The van der Waals surface area contributed by atoms with Crippen LogP contribution in [-0.4, -0.2) is 37.0 Å². The molecule has 0 radical (unpaired) electrons. The highest BCUT2D eigenvalue weighted by Gasteiger charge is 2.48. The average molecular weight is 502 g/mol. The molecule has 3 aromatic heterocycles. The number of carbonyl (C=O) groups is 2. The molecule has 1 unspecified atom stereocenters. The minimum atomic E-state index is -0.889. The van der Waals surface area contributed by atoms with Crippen LogP contribution in [-0.2, 0) is 15.3 Å². The zero-order valence-corrected chi connectivity index (χ0v) is 20.2. The minimum Gasteiger partial charge on any atom is -0.507 e. The molecule has 0 bridgehead atoms. The molecule has 5 rings (SSSR count). The maximum atomic E-state index is 13.2. The van der Waals surface area contributed by atoms with E-state index in [1.807, 2.05) is 6.92 Å². The molecule has 4 heterocycles. The number of Topliss-reactive ketones (excluding diaryl/α,β-unsaturated/α-hetero) is 1. The highest BCUT2D eigenvalue weighted by molar-refractivity contribution is 8.00. The van der Waals surface area contributed by atoms with Gasteiger partial charge >= 0.3 is 5.91 Å². The van der Waals surface area contributed by atoms with Crippen LogP contribution in [0, 0.1) is 6.92 Å². The van der Waals surface area contributed by atoms with Crippen LogP contribution < -0.4 is 4.90 Å². The Labute approximate surface area is 209 Å². The quantitative estimate of drug-likeness (QED) is 0.135. The number of hydrogen-bond donors (Lipinski definition) is 1. The van der Waals surface area contributed by atoms with Crippen molar-refractivity contribution in [3.63, 3.8) is 0 Å². The van der Waals surface area contributed by atoms with Gasteiger partial charge in [0.1, 0.15) is 5.76 Å². The first kappa shape index (κ1) is 22.9. The number of aliphatic hydroxyl groups excluding tert-OH is 1. The van der Waals surface area contributed by atoms with E-state index >= 15 is 0 Å². The SMILES string of the molecule is Cc1ccc(CSc2nnc(N3C(=O)C(=O)/C(=C(/O)c4ccncc4)C3c3cccnc3)s2)cc1. The zero-order chi connectivity index (χ0) is 24.4. The number of aromatic nitrogens is 4. The highest BCUT2D eigenvalue weighted by Crippen LogP contribution is 2.43. The van der Waals surface area contributed by atoms with Crippen LogP contribution in [0.2, 0.25) is 0 Å². The van der Waals surface area contributed by atoms with Crippen molar-refractivity contribution in [3.8, 4) is 0 Å². The summed E-state index contributed by atoms with van der Waals surface area (Å²) in [4.78, 5) is 35.7. The molecule has 1 N–H and O–H groups in total. The second-order valence-corrected chi connectivity index (χ2v) is 9.99.